The van der Waals surface area contributed by atoms with Crippen molar-refractivity contribution < 1.29 is 6.22 Å². The molecule has 0 bridgehead atoms. The fourth-order valence-electron chi connectivity index (χ4n) is 1.15. The summed E-state index contributed by atoms with van der Waals surface area (Å²) in [5.41, 5.74) is 2.52. The molecule has 2 nitrogen and oxygen atoms in total. The first-order valence-corrected chi connectivity index (χ1v) is 5.18. The van der Waals surface area contributed by atoms with Crippen molar-refractivity contribution >= 4 is 17.9 Å². The molecule has 15 heavy (non-hydrogen) atoms. The standard InChI is InChI=1S/C11H13NO.C2H6.H2/c1-4-6-10-9(5-2)7-11(12-10)8(3)13;1-2;/h4-7,12H,2H2,1,3H3;1-2H3;1H/b6-4-;;. The summed E-state index contributed by atoms with van der Waals surface area (Å²) in [7, 11) is 0. The van der Waals surface area contributed by atoms with Crippen LogP contribution in [0.1, 0.15) is 50.9 Å². The SMILES string of the molecule is C=Cc1cc(C(C)=O)[nH]c1/C=C\C.CC.[HH]. The number of H-pyrrole nitrogens is 1. The summed E-state index contributed by atoms with van der Waals surface area (Å²) in [5, 5.41) is 0. The van der Waals surface area contributed by atoms with Crippen LogP contribution in [0.4, 0.5) is 0 Å². The fourth-order valence-corrected chi connectivity index (χ4v) is 1.15. The van der Waals surface area contributed by atoms with E-state index in [1.807, 2.05) is 39.0 Å². The highest BCUT2D eigenvalue weighted by atomic mass is 16.1. The largest absolute Gasteiger partial charge is 0.352 e. The van der Waals surface area contributed by atoms with Gasteiger partial charge in [-0.1, -0.05) is 32.6 Å². The Bertz CT molecular complexity index is 364. The predicted molar refractivity (Wildman–Crippen MR) is 69.1 cm³/mol. The van der Waals surface area contributed by atoms with Gasteiger partial charge in [0.1, 0.15) is 0 Å². The van der Waals surface area contributed by atoms with Crippen LogP contribution in [0.25, 0.3) is 12.2 Å². The summed E-state index contributed by atoms with van der Waals surface area (Å²) < 4.78 is 0. The number of Topliss-reactive ketones (excluding diaryl/α,β-unsaturated/α-hetero) is 1. The van der Waals surface area contributed by atoms with Gasteiger partial charge in [-0.3, -0.25) is 4.79 Å². The zero-order valence-electron chi connectivity index (χ0n) is 9.92. The van der Waals surface area contributed by atoms with E-state index in [0.29, 0.717) is 5.69 Å². The lowest BCUT2D eigenvalue weighted by molar-refractivity contribution is 0.101. The van der Waals surface area contributed by atoms with E-state index in [2.05, 4.69) is 11.6 Å². The van der Waals surface area contributed by atoms with Crippen LogP contribution < -0.4 is 0 Å². The molecular formula is C13H21NO. The number of aromatic amines is 1. The van der Waals surface area contributed by atoms with Crippen molar-refractivity contribution in [1.82, 2.24) is 4.98 Å². The second kappa shape index (κ2) is 6.82. The Balaban J connectivity index is 0. The number of carbonyl (C=O) groups excluding carboxylic acids is 1. The minimum atomic E-state index is 0. The van der Waals surface area contributed by atoms with Crippen LogP contribution in [0.3, 0.4) is 0 Å². The molecule has 1 N–H and O–H groups in total. The third-order valence-corrected chi connectivity index (χ3v) is 1.81. The summed E-state index contributed by atoms with van der Waals surface area (Å²) in [4.78, 5) is 14.1. The van der Waals surface area contributed by atoms with E-state index < -0.39 is 0 Å². The van der Waals surface area contributed by atoms with Crippen molar-refractivity contribution in [3.05, 3.63) is 35.7 Å². The van der Waals surface area contributed by atoms with E-state index in [4.69, 9.17) is 0 Å². The second-order valence-electron chi connectivity index (χ2n) is 2.81. The first-order valence-electron chi connectivity index (χ1n) is 5.18. The maximum atomic E-state index is 11.0. The highest BCUT2D eigenvalue weighted by molar-refractivity contribution is 5.93. The predicted octanol–water partition coefficient (Wildman–Crippen LogP) is 4.17. The lowest BCUT2D eigenvalue weighted by Gasteiger charge is -1.89. The van der Waals surface area contributed by atoms with Crippen molar-refractivity contribution in [3.8, 4) is 0 Å². The average molecular weight is 207 g/mol. The lowest BCUT2D eigenvalue weighted by atomic mass is 10.2. The third kappa shape index (κ3) is 3.58. The van der Waals surface area contributed by atoms with E-state index in [1.165, 1.54) is 6.92 Å². The van der Waals surface area contributed by atoms with Crippen molar-refractivity contribution in [1.29, 1.82) is 0 Å². The molecule has 0 spiro atoms. The first kappa shape index (κ1) is 13.4. The number of aromatic nitrogens is 1. The number of ketones is 1. The maximum absolute atomic E-state index is 11.0. The van der Waals surface area contributed by atoms with Gasteiger partial charge in [-0.05, 0) is 24.6 Å². The molecule has 0 aliphatic rings. The van der Waals surface area contributed by atoms with E-state index in [-0.39, 0.29) is 7.21 Å². The van der Waals surface area contributed by atoms with E-state index in [1.54, 1.807) is 6.08 Å². The molecule has 84 valence electrons. The number of nitrogens with one attached hydrogen (secondary N) is 1. The highest BCUT2D eigenvalue weighted by Gasteiger charge is 2.05. The maximum Gasteiger partial charge on any atom is 0.175 e. The molecule has 1 aromatic rings. The molecule has 1 aromatic heterocycles. The first-order chi connectivity index (χ1) is 7.19. The smallest absolute Gasteiger partial charge is 0.175 e. The van der Waals surface area contributed by atoms with Crippen LogP contribution >= 0.6 is 0 Å². The van der Waals surface area contributed by atoms with Crippen molar-refractivity contribution in [2.24, 2.45) is 0 Å². The normalized spacial score (nSPS) is 9.60. The minimum absolute atomic E-state index is 0. The van der Waals surface area contributed by atoms with Gasteiger partial charge in [0, 0.05) is 14.0 Å². The number of allylic oxidation sites excluding steroid dienone is 1. The molecule has 0 aliphatic heterocycles. The molecule has 2 heteroatoms. The average Bonchev–Trinajstić information content (AvgIpc) is 2.65. The number of carbonyl (C=O) groups is 1. The van der Waals surface area contributed by atoms with E-state index >= 15 is 0 Å². The van der Waals surface area contributed by atoms with Gasteiger partial charge in [0.25, 0.3) is 0 Å². The Morgan fingerprint density at radius 2 is 2.13 bits per heavy atom. The third-order valence-electron chi connectivity index (χ3n) is 1.81. The molecular weight excluding hydrogens is 186 g/mol. The Hall–Kier alpha value is -1.57. The monoisotopic (exact) mass is 207 g/mol. The molecule has 0 fully saturated rings. The van der Waals surface area contributed by atoms with Crippen LogP contribution in [0.15, 0.2) is 18.7 Å². The summed E-state index contributed by atoms with van der Waals surface area (Å²) in [6.45, 7) is 11.2. The second-order valence-corrected chi connectivity index (χ2v) is 2.81. The van der Waals surface area contributed by atoms with E-state index in [9.17, 15) is 4.79 Å². The molecule has 0 saturated carbocycles. The molecule has 0 saturated heterocycles. The zero-order chi connectivity index (χ0) is 11.8. The number of rotatable bonds is 3. The number of hydrogen-bond donors (Lipinski definition) is 1. The topological polar surface area (TPSA) is 32.9 Å². The Morgan fingerprint density at radius 1 is 1.53 bits per heavy atom. The fraction of sp³-hybridized carbons (Fsp3) is 0.308. The lowest BCUT2D eigenvalue weighted by Crippen LogP contribution is -1.90. The van der Waals surface area contributed by atoms with Crippen molar-refractivity contribution in [2.75, 3.05) is 0 Å². The van der Waals surface area contributed by atoms with Crippen molar-refractivity contribution in [3.63, 3.8) is 0 Å². The van der Waals surface area contributed by atoms with Gasteiger partial charge in [-0.25, -0.2) is 0 Å². The quantitative estimate of drug-likeness (QED) is 0.741. The molecule has 0 aromatic carbocycles. The van der Waals surface area contributed by atoms with Gasteiger partial charge >= 0.3 is 0 Å². The molecule has 0 aliphatic carbocycles. The Labute approximate surface area is 93.2 Å². The van der Waals surface area contributed by atoms with Gasteiger partial charge in [-0.15, -0.1) is 0 Å². The van der Waals surface area contributed by atoms with Gasteiger partial charge in [0.05, 0.1) is 5.69 Å². The summed E-state index contributed by atoms with van der Waals surface area (Å²) in [5.74, 6) is 0.0406. The van der Waals surface area contributed by atoms with Gasteiger partial charge in [0.15, 0.2) is 5.78 Å². The molecule has 0 radical (unpaired) electrons. The van der Waals surface area contributed by atoms with Crippen LogP contribution in [-0.2, 0) is 0 Å². The molecule has 0 unspecified atom stereocenters. The van der Waals surface area contributed by atoms with Crippen molar-refractivity contribution in [2.45, 2.75) is 27.7 Å². The molecule has 1 rings (SSSR count). The number of hydrogen-bond acceptors (Lipinski definition) is 1. The van der Waals surface area contributed by atoms with Gasteiger partial charge < -0.3 is 4.98 Å². The summed E-state index contributed by atoms with van der Waals surface area (Å²) in [6.07, 6.45) is 5.57. The van der Waals surface area contributed by atoms with Crippen LogP contribution in [0.5, 0.6) is 0 Å². The Morgan fingerprint density at radius 3 is 2.53 bits per heavy atom. The minimum Gasteiger partial charge on any atom is -0.352 e. The molecule has 0 atom stereocenters. The highest BCUT2D eigenvalue weighted by Crippen LogP contribution is 2.14. The Kier molecular flexibility index (Phi) is 6.11. The summed E-state index contributed by atoms with van der Waals surface area (Å²) >= 11 is 0. The summed E-state index contributed by atoms with van der Waals surface area (Å²) in [6, 6.07) is 1.81. The molecule has 1 heterocycles. The van der Waals surface area contributed by atoms with Crippen LogP contribution in [-0.4, -0.2) is 10.8 Å². The van der Waals surface area contributed by atoms with Crippen LogP contribution in [0, 0.1) is 0 Å². The van der Waals surface area contributed by atoms with E-state index in [0.717, 1.165) is 11.3 Å². The zero-order valence-corrected chi connectivity index (χ0v) is 9.92. The van der Waals surface area contributed by atoms with Gasteiger partial charge in [-0.2, -0.15) is 0 Å². The van der Waals surface area contributed by atoms with Crippen LogP contribution in [0.2, 0.25) is 0 Å². The van der Waals surface area contributed by atoms with Gasteiger partial charge in [0.2, 0.25) is 0 Å². The molecule has 0 amide bonds.